The van der Waals surface area contributed by atoms with Gasteiger partial charge in [-0.3, -0.25) is 0 Å². The number of hydrogen-bond donors (Lipinski definition) is 1. The Morgan fingerprint density at radius 1 is 1.27 bits per heavy atom. The molecular formula is C25H37ClN4. The highest BCUT2D eigenvalue weighted by atomic mass is 35.5. The summed E-state index contributed by atoms with van der Waals surface area (Å²) in [7, 11) is 2.21. The number of aromatic nitrogens is 2. The third kappa shape index (κ3) is 5.59. The average molecular weight is 429 g/mol. The summed E-state index contributed by atoms with van der Waals surface area (Å²) in [6.45, 7) is 9.69. The normalized spacial score (nSPS) is 23.5. The lowest BCUT2D eigenvalue weighted by Gasteiger charge is -2.27. The van der Waals surface area contributed by atoms with E-state index in [0.29, 0.717) is 17.0 Å². The number of hydrogen-bond acceptors (Lipinski definition) is 4. The summed E-state index contributed by atoms with van der Waals surface area (Å²) >= 11 is 6.40. The largest absolute Gasteiger partial charge is 0.304 e. The van der Waals surface area contributed by atoms with Crippen LogP contribution in [0.4, 0.5) is 0 Å². The van der Waals surface area contributed by atoms with Crippen molar-refractivity contribution in [1.82, 2.24) is 14.9 Å². The number of allylic oxidation sites excluding steroid dienone is 3. The zero-order valence-corrected chi connectivity index (χ0v) is 19.7. The van der Waals surface area contributed by atoms with Crippen molar-refractivity contribution in [2.75, 3.05) is 13.6 Å². The number of aryl methyl sites for hydroxylation is 1. The Morgan fingerprint density at radius 2 is 2.07 bits per heavy atom. The summed E-state index contributed by atoms with van der Waals surface area (Å²) in [6.07, 6.45) is 10.9. The predicted octanol–water partition coefficient (Wildman–Crippen LogP) is 6.50. The monoisotopic (exact) mass is 428 g/mol. The number of halogens is 1. The predicted molar refractivity (Wildman–Crippen MR) is 127 cm³/mol. The molecule has 1 saturated heterocycles. The summed E-state index contributed by atoms with van der Waals surface area (Å²) in [4.78, 5) is 11.9. The van der Waals surface area contributed by atoms with Gasteiger partial charge >= 0.3 is 0 Å². The maximum absolute atomic E-state index is 8.96. The molecule has 0 amide bonds. The third-order valence-electron chi connectivity index (χ3n) is 6.85. The van der Waals surface area contributed by atoms with E-state index < -0.39 is 0 Å². The van der Waals surface area contributed by atoms with Crippen LogP contribution in [0.1, 0.15) is 83.2 Å². The summed E-state index contributed by atoms with van der Waals surface area (Å²) in [5.41, 5.74) is 5.02. The molecule has 0 spiro atoms. The van der Waals surface area contributed by atoms with Crippen LogP contribution in [0, 0.1) is 11.3 Å². The molecule has 1 aliphatic carbocycles. The van der Waals surface area contributed by atoms with Crippen LogP contribution < -0.4 is 0 Å². The molecule has 1 aromatic rings. The number of rotatable bonds is 8. The van der Waals surface area contributed by atoms with Crippen molar-refractivity contribution in [2.45, 2.75) is 84.1 Å². The van der Waals surface area contributed by atoms with Crippen molar-refractivity contribution < 1.29 is 0 Å². The Balaban J connectivity index is 1.84. The first-order valence-electron chi connectivity index (χ1n) is 11.6. The number of nitrogens with one attached hydrogen (secondary N) is 1. The Labute approximate surface area is 187 Å². The zero-order valence-electron chi connectivity index (χ0n) is 18.9. The van der Waals surface area contributed by atoms with Gasteiger partial charge in [-0.05, 0) is 89.1 Å². The van der Waals surface area contributed by atoms with E-state index in [-0.39, 0.29) is 5.92 Å². The lowest BCUT2D eigenvalue weighted by Crippen LogP contribution is -2.25. The molecule has 0 radical (unpaired) electrons. The third-order valence-corrected chi connectivity index (χ3v) is 7.04. The molecule has 30 heavy (non-hydrogen) atoms. The van der Waals surface area contributed by atoms with Crippen LogP contribution in [0.15, 0.2) is 23.8 Å². The van der Waals surface area contributed by atoms with E-state index in [9.17, 15) is 0 Å². The minimum atomic E-state index is 0.173. The van der Waals surface area contributed by atoms with Crippen LogP contribution in [0.3, 0.4) is 0 Å². The first-order chi connectivity index (χ1) is 14.4. The number of nitrogens with zero attached hydrogens (tertiary/aromatic N) is 3. The van der Waals surface area contributed by atoms with Crippen molar-refractivity contribution in [1.29, 1.82) is 5.41 Å². The Kier molecular flexibility index (Phi) is 8.24. The highest BCUT2D eigenvalue weighted by molar-refractivity contribution is 6.29. The molecule has 5 heteroatoms. The Hall–Kier alpha value is -1.52. The smallest absolute Gasteiger partial charge is 0.157 e. The molecule has 164 valence electrons. The first-order valence-corrected chi connectivity index (χ1v) is 12.0. The van der Waals surface area contributed by atoms with E-state index in [4.69, 9.17) is 22.0 Å². The maximum atomic E-state index is 8.96. The van der Waals surface area contributed by atoms with Crippen molar-refractivity contribution in [2.24, 2.45) is 5.92 Å². The second kappa shape index (κ2) is 10.7. The van der Waals surface area contributed by atoms with Crippen LogP contribution >= 0.6 is 11.6 Å². The van der Waals surface area contributed by atoms with E-state index in [2.05, 4.69) is 37.4 Å². The lowest BCUT2D eigenvalue weighted by molar-refractivity contribution is 0.296. The van der Waals surface area contributed by atoms with Crippen LogP contribution in [-0.2, 0) is 6.42 Å². The van der Waals surface area contributed by atoms with Gasteiger partial charge in [-0.25, -0.2) is 9.97 Å². The average Bonchev–Trinajstić information content (AvgIpc) is 3.14. The van der Waals surface area contributed by atoms with Gasteiger partial charge in [-0.2, -0.15) is 0 Å². The van der Waals surface area contributed by atoms with Gasteiger partial charge in [0, 0.05) is 23.4 Å². The highest BCUT2D eigenvalue weighted by Crippen LogP contribution is 2.34. The topological polar surface area (TPSA) is 52.9 Å². The fourth-order valence-electron chi connectivity index (χ4n) is 4.97. The van der Waals surface area contributed by atoms with E-state index in [1.54, 1.807) is 0 Å². The molecule has 1 aliphatic heterocycles. The molecule has 1 unspecified atom stereocenters. The molecule has 2 atom stereocenters. The molecule has 1 aromatic heterocycles. The minimum Gasteiger partial charge on any atom is -0.304 e. The summed E-state index contributed by atoms with van der Waals surface area (Å²) in [5.74, 6) is 0.860. The number of likely N-dealkylation sites (tertiary alicyclic amines) is 1. The zero-order chi connectivity index (χ0) is 21.7. The molecular weight excluding hydrogens is 392 g/mol. The molecule has 0 aromatic carbocycles. The van der Waals surface area contributed by atoms with Crippen LogP contribution in [0.25, 0.3) is 5.57 Å². The molecule has 1 N–H and O–H groups in total. The van der Waals surface area contributed by atoms with E-state index in [1.807, 2.05) is 6.07 Å². The molecule has 4 nitrogen and oxygen atoms in total. The summed E-state index contributed by atoms with van der Waals surface area (Å²) < 4.78 is 0. The molecule has 2 fully saturated rings. The van der Waals surface area contributed by atoms with E-state index in [1.165, 1.54) is 37.8 Å². The van der Waals surface area contributed by atoms with Crippen molar-refractivity contribution in [3.63, 3.8) is 0 Å². The van der Waals surface area contributed by atoms with E-state index >= 15 is 0 Å². The summed E-state index contributed by atoms with van der Waals surface area (Å²) in [6, 6.07) is 2.54. The first kappa shape index (κ1) is 23.1. The molecule has 1 saturated carbocycles. The van der Waals surface area contributed by atoms with Gasteiger partial charge in [0.2, 0.25) is 0 Å². The van der Waals surface area contributed by atoms with E-state index in [0.717, 1.165) is 61.1 Å². The highest BCUT2D eigenvalue weighted by Gasteiger charge is 2.26. The van der Waals surface area contributed by atoms with Gasteiger partial charge in [0.05, 0.1) is 0 Å². The van der Waals surface area contributed by atoms with Gasteiger partial charge in [0.25, 0.3) is 0 Å². The summed E-state index contributed by atoms with van der Waals surface area (Å²) in [5, 5.41) is 9.46. The van der Waals surface area contributed by atoms with Gasteiger partial charge in [0.15, 0.2) is 5.82 Å². The van der Waals surface area contributed by atoms with Gasteiger partial charge in [-0.15, -0.1) is 0 Å². The fraction of sp³-hybridized carbons (Fsp3) is 0.640. The lowest BCUT2D eigenvalue weighted by atomic mass is 9.78. The Morgan fingerprint density at radius 3 is 2.73 bits per heavy atom. The van der Waals surface area contributed by atoms with Crippen LogP contribution in [-0.4, -0.2) is 40.2 Å². The SMILES string of the molecule is C=C1CCCC[C@@H]1C(=N)/C(CCC)=C(\C)c1nc(Cl)cc(CCC2CCCN2C)n1. The van der Waals surface area contributed by atoms with Crippen molar-refractivity contribution in [3.05, 3.63) is 40.5 Å². The molecule has 2 aliphatic rings. The standard InChI is InChI=1S/C25H37ClN4/c1-5-9-22(24(27)21-12-7-6-10-17(21)2)18(3)25-28-19(16-23(26)29-25)13-14-20-11-8-15-30(20)4/h16,20-21,27H,2,5-15H2,1,3-4H3/b22-18+,27-24?/t20?,21-/m0/s1. The molecule has 3 rings (SSSR count). The second-order valence-corrected chi connectivity index (χ2v) is 9.43. The fourth-order valence-corrected chi connectivity index (χ4v) is 5.17. The van der Waals surface area contributed by atoms with Crippen molar-refractivity contribution >= 4 is 22.9 Å². The second-order valence-electron chi connectivity index (χ2n) is 9.04. The minimum absolute atomic E-state index is 0.173. The Bertz CT molecular complexity index is 813. The van der Waals surface area contributed by atoms with Gasteiger partial charge in [0.1, 0.15) is 5.15 Å². The van der Waals surface area contributed by atoms with Crippen molar-refractivity contribution in [3.8, 4) is 0 Å². The quantitative estimate of drug-likeness (QED) is 0.292. The van der Waals surface area contributed by atoms with Gasteiger partial charge < -0.3 is 10.3 Å². The maximum Gasteiger partial charge on any atom is 0.157 e. The van der Waals surface area contributed by atoms with Gasteiger partial charge in [-0.1, -0.05) is 43.5 Å². The van der Waals surface area contributed by atoms with Crippen LogP contribution in [0.5, 0.6) is 0 Å². The molecule has 0 bridgehead atoms. The molecule has 2 heterocycles. The van der Waals surface area contributed by atoms with Crippen LogP contribution in [0.2, 0.25) is 5.15 Å².